The van der Waals surface area contributed by atoms with Crippen molar-refractivity contribution in [2.24, 2.45) is 0 Å². The largest absolute Gasteiger partial charge is 0.324 e. The van der Waals surface area contributed by atoms with Crippen molar-refractivity contribution in [1.29, 1.82) is 0 Å². The Bertz CT molecular complexity index is 1080. The van der Waals surface area contributed by atoms with E-state index in [1.165, 1.54) is 4.57 Å². The second-order valence-electron chi connectivity index (χ2n) is 6.60. The van der Waals surface area contributed by atoms with Crippen LogP contribution in [0.15, 0.2) is 53.3 Å². The number of aryl methyl sites for hydroxylation is 3. The molecule has 0 atom stereocenters. The van der Waals surface area contributed by atoms with E-state index in [4.69, 9.17) is 11.6 Å². The zero-order valence-electron chi connectivity index (χ0n) is 16.1. The van der Waals surface area contributed by atoms with Gasteiger partial charge in [-0.1, -0.05) is 67.1 Å². The van der Waals surface area contributed by atoms with Crippen LogP contribution < -0.4 is 10.9 Å². The van der Waals surface area contributed by atoms with Crippen LogP contribution in [0.1, 0.15) is 23.7 Å². The van der Waals surface area contributed by atoms with Crippen molar-refractivity contribution in [2.45, 2.75) is 33.7 Å². The number of hydrogen-bond acceptors (Lipinski definition) is 3. The Labute approximate surface area is 169 Å². The highest BCUT2D eigenvalue weighted by Crippen LogP contribution is 2.22. The van der Waals surface area contributed by atoms with Crippen molar-refractivity contribution in [3.05, 3.63) is 80.7 Å². The molecule has 0 radical (unpaired) electrons. The maximum atomic E-state index is 12.8. The van der Waals surface area contributed by atoms with Gasteiger partial charge in [-0.25, -0.2) is 4.98 Å². The Hall–Kier alpha value is -2.92. The van der Waals surface area contributed by atoms with Crippen molar-refractivity contribution in [2.75, 3.05) is 5.32 Å². The minimum atomic E-state index is -0.427. The summed E-state index contributed by atoms with van der Waals surface area (Å²) in [6.45, 7) is 5.49. The van der Waals surface area contributed by atoms with Gasteiger partial charge in [-0.15, -0.1) is 0 Å². The third-order valence-corrected chi connectivity index (χ3v) is 5.05. The Morgan fingerprint density at radius 3 is 2.50 bits per heavy atom. The fraction of sp³-hybridized carbons (Fsp3) is 0.227. The second kappa shape index (κ2) is 8.40. The molecule has 1 N–H and O–H groups in total. The summed E-state index contributed by atoms with van der Waals surface area (Å²) in [4.78, 5) is 30.0. The first kappa shape index (κ1) is 19.8. The van der Waals surface area contributed by atoms with Gasteiger partial charge in [0.05, 0.1) is 5.69 Å². The summed E-state index contributed by atoms with van der Waals surface area (Å²) in [5.41, 5.74) is 3.57. The average molecular weight is 396 g/mol. The van der Waals surface area contributed by atoms with Gasteiger partial charge >= 0.3 is 0 Å². The first-order valence-electron chi connectivity index (χ1n) is 9.13. The number of halogens is 1. The summed E-state index contributed by atoms with van der Waals surface area (Å²) in [7, 11) is 0. The van der Waals surface area contributed by atoms with Crippen LogP contribution in [-0.2, 0) is 17.8 Å². The number of carbonyl (C=O) groups excluding carboxylic acids is 1. The zero-order valence-corrected chi connectivity index (χ0v) is 16.9. The van der Waals surface area contributed by atoms with Gasteiger partial charge in [-0.3, -0.25) is 14.2 Å². The maximum absolute atomic E-state index is 12.8. The molecule has 3 rings (SSSR count). The molecular weight excluding hydrogens is 374 g/mol. The van der Waals surface area contributed by atoms with Crippen molar-refractivity contribution in [1.82, 2.24) is 9.55 Å². The third-order valence-electron chi connectivity index (χ3n) is 4.62. The summed E-state index contributed by atoms with van der Waals surface area (Å²) >= 11 is 6.13. The van der Waals surface area contributed by atoms with Gasteiger partial charge in [-0.2, -0.15) is 0 Å². The zero-order chi connectivity index (χ0) is 20.3. The maximum Gasteiger partial charge on any atom is 0.273 e. The molecule has 0 unspecified atom stereocenters. The molecule has 0 aliphatic heterocycles. The summed E-state index contributed by atoms with van der Waals surface area (Å²) in [6.07, 6.45) is 0.796. The van der Waals surface area contributed by atoms with E-state index in [1.807, 2.05) is 62.4 Å². The second-order valence-corrected chi connectivity index (χ2v) is 6.98. The fourth-order valence-electron chi connectivity index (χ4n) is 3.12. The quantitative estimate of drug-likeness (QED) is 0.697. The summed E-state index contributed by atoms with van der Waals surface area (Å²) in [6, 6.07) is 15.2. The van der Waals surface area contributed by atoms with Gasteiger partial charge in [0.25, 0.3) is 5.56 Å². The van der Waals surface area contributed by atoms with E-state index in [0.717, 1.165) is 28.8 Å². The molecule has 1 aromatic heterocycles. The van der Waals surface area contributed by atoms with Gasteiger partial charge < -0.3 is 5.32 Å². The lowest BCUT2D eigenvalue weighted by atomic mass is 10.1. The summed E-state index contributed by atoms with van der Waals surface area (Å²) in [5.74, 6) is 0.119. The highest BCUT2D eigenvalue weighted by molar-refractivity contribution is 6.31. The van der Waals surface area contributed by atoms with Crippen LogP contribution in [0, 0.1) is 13.8 Å². The molecule has 0 saturated heterocycles. The number of nitrogens with one attached hydrogen (secondary N) is 1. The van der Waals surface area contributed by atoms with E-state index in [9.17, 15) is 9.59 Å². The van der Waals surface area contributed by atoms with Gasteiger partial charge in [0, 0.05) is 11.3 Å². The van der Waals surface area contributed by atoms with Crippen LogP contribution in [0.25, 0.3) is 11.4 Å². The van der Waals surface area contributed by atoms with E-state index in [1.54, 1.807) is 6.92 Å². The first-order valence-corrected chi connectivity index (χ1v) is 9.50. The smallest absolute Gasteiger partial charge is 0.273 e. The molecule has 0 aliphatic carbocycles. The standard InChI is InChI=1S/C22H22ClN3O2/c1-4-16-12-8-9-14(2)20(16)25-18(27)13-26-21(17-10-6-5-7-11-17)24-15(3)19(23)22(26)28/h5-12H,4,13H2,1-3H3,(H,25,27). The highest BCUT2D eigenvalue weighted by atomic mass is 35.5. The molecule has 144 valence electrons. The molecule has 28 heavy (non-hydrogen) atoms. The molecule has 1 heterocycles. The van der Waals surface area contributed by atoms with Crippen molar-refractivity contribution in [3.8, 4) is 11.4 Å². The van der Waals surface area contributed by atoms with Crippen LogP contribution in [0.5, 0.6) is 0 Å². The topological polar surface area (TPSA) is 64.0 Å². The molecular formula is C22H22ClN3O2. The van der Waals surface area contributed by atoms with Gasteiger partial charge in [0.1, 0.15) is 17.4 Å². The predicted octanol–water partition coefficient (Wildman–Crippen LogP) is 4.38. The molecule has 0 fully saturated rings. The monoisotopic (exact) mass is 395 g/mol. The van der Waals surface area contributed by atoms with Crippen molar-refractivity contribution < 1.29 is 4.79 Å². The molecule has 1 amide bonds. The number of aromatic nitrogens is 2. The molecule has 0 aliphatic rings. The average Bonchev–Trinajstić information content (AvgIpc) is 2.70. The number of para-hydroxylation sites is 1. The number of amides is 1. The minimum absolute atomic E-state index is 0.0256. The number of hydrogen-bond donors (Lipinski definition) is 1. The van der Waals surface area contributed by atoms with E-state index in [-0.39, 0.29) is 17.5 Å². The minimum Gasteiger partial charge on any atom is -0.324 e. The number of anilines is 1. The molecule has 0 spiro atoms. The SMILES string of the molecule is CCc1cccc(C)c1NC(=O)Cn1c(-c2ccccc2)nc(C)c(Cl)c1=O. The lowest BCUT2D eigenvalue weighted by molar-refractivity contribution is -0.116. The predicted molar refractivity (Wildman–Crippen MR) is 113 cm³/mol. The molecule has 5 nitrogen and oxygen atoms in total. The summed E-state index contributed by atoms with van der Waals surface area (Å²) in [5, 5.41) is 2.97. The Balaban J connectivity index is 2.00. The third kappa shape index (κ3) is 3.99. The molecule has 2 aromatic carbocycles. The number of carbonyl (C=O) groups is 1. The molecule has 0 bridgehead atoms. The molecule has 3 aromatic rings. The van der Waals surface area contributed by atoms with Gasteiger partial charge in [-0.05, 0) is 31.4 Å². The van der Waals surface area contributed by atoms with E-state index >= 15 is 0 Å². The lowest BCUT2D eigenvalue weighted by Gasteiger charge is -2.16. The lowest BCUT2D eigenvalue weighted by Crippen LogP contribution is -2.31. The van der Waals surface area contributed by atoms with Crippen LogP contribution in [0.2, 0.25) is 5.02 Å². The Kier molecular flexibility index (Phi) is 5.95. The Morgan fingerprint density at radius 1 is 1.11 bits per heavy atom. The number of nitrogens with zero attached hydrogens (tertiary/aromatic N) is 2. The van der Waals surface area contributed by atoms with Crippen LogP contribution in [-0.4, -0.2) is 15.5 Å². The van der Waals surface area contributed by atoms with Crippen LogP contribution in [0.4, 0.5) is 5.69 Å². The van der Waals surface area contributed by atoms with Gasteiger partial charge in [0.2, 0.25) is 5.91 Å². The van der Waals surface area contributed by atoms with E-state index < -0.39 is 5.56 Å². The van der Waals surface area contributed by atoms with E-state index in [0.29, 0.717) is 11.5 Å². The fourth-order valence-corrected chi connectivity index (χ4v) is 3.26. The van der Waals surface area contributed by atoms with Crippen LogP contribution >= 0.6 is 11.6 Å². The number of rotatable bonds is 5. The summed E-state index contributed by atoms with van der Waals surface area (Å²) < 4.78 is 1.32. The van der Waals surface area contributed by atoms with Gasteiger partial charge in [0.15, 0.2) is 0 Å². The van der Waals surface area contributed by atoms with E-state index in [2.05, 4.69) is 10.3 Å². The van der Waals surface area contributed by atoms with Crippen LogP contribution in [0.3, 0.4) is 0 Å². The Morgan fingerprint density at radius 2 is 1.82 bits per heavy atom. The van der Waals surface area contributed by atoms with Crippen molar-refractivity contribution in [3.63, 3.8) is 0 Å². The number of benzene rings is 2. The van der Waals surface area contributed by atoms with Crippen molar-refractivity contribution >= 4 is 23.2 Å². The molecule has 6 heteroatoms. The normalized spacial score (nSPS) is 10.7. The highest BCUT2D eigenvalue weighted by Gasteiger charge is 2.17. The first-order chi connectivity index (χ1) is 13.4. The molecule has 0 saturated carbocycles.